The number of hydrogen-bond donors (Lipinski definition) is 0. The first-order chi connectivity index (χ1) is 11.8. The standard InChI is InChI=1S/C17H16N6S/c1-11-9-15(23-17(20-11)18-10-19-23)22-8-4-6-13(22)16-21-12-5-2-3-7-14(12)24-16/h2-3,5,7,9-10,13H,4,6,8H2,1H3/t13-/m1/s1. The second-order valence-corrected chi connectivity index (χ2v) is 7.16. The van der Waals surface area contributed by atoms with Crippen molar-refractivity contribution in [1.82, 2.24) is 24.6 Å². The molecule has 0 unspecified atom stereocenters. The first-order valence-corrected chi connectivity index (χ1v) is 8.91. The minimum Gasteiger partial charge on any atom is -0.347 e. The van der Waals surface area contributed by atoms with Crippen molar-refractivity contribution in [2.45, 2.75) is 25.8 Å². The van der Waals surface area contributed by atoms with Gasteiger partial charge in [0.25, 0.3) is 5.78 Å². The number of thiazole rings is 1. The third-order valence-corrected chi connectivity index (χ3v) is 5.64. The summed E-state index contributed by atoms with van der Waals surface area (Å²) in [6.45, 7) is 3.00. The van der Waals surface area contributed by atoms with Gasteiger partial charge in [-0.15, -0.1) is 11.3 Å². The van der Waals surface area contributed by atoms with E-state index in [4.69, 9.17) is 4.98 Å². The first-order valence-electron chi connectivity index (χ1n) is 8.09. The highest BCUT2D eigenvalue weighted by atomic mass is 32.1. The summed E-state index contributed by atoms with van der Waals surface area (Å²) in [5.41, 5.74) is 2.04. The lowest BCUT2D eigenvalue weighted by Crippen LogP contribution is -2.25. The maximum atomic E-state index is 4.88. The zero-order valence-electron chi connectivity index (χ0n) is 13.3. The maximum absolute atomic E-state index is 4.88. The lowest BCUT2D eigenvalue weighted by Gasteiger charge is -2.25. The number of nitrogens with zero attached hydrogens (tertiary/aromatic N) is 6. The molecule has 4 aromatic rings. The van der Waals surface area contributed by atoms with Crippen LogP contribution in [0.2, 0.25) is 0 Å². The molecule has 3 aromatic heterocycles. The van der Waals surface area contributed by atoms with Crippen LogP contribution in [-0.4, -0.2) is 31.1 Å². The molecule has 0 bridgehead atoms. The molecule has 1 saturated heterocycles. The molecule has 0 aliphatic carbocycles. The van der Waals surface area contributed by atoms with Gasteiger partial charge in [0, 0.05) is 18.3 Å². The van der Waals surface area contributed by atoms with Gasteiger partial charge < -0.3 is 4.90 Å². The van der Waals surface area contributed by atoms with Crippen LogP contribution < -0.4 is 4.90 Å². The van der Waals surface area contributed by atoms with Crippen LogP contribution in [-0.2, 0) is 0 Å². The van der Waals surface area contributed by atoms with Gasteiger partial charge in [0.1, 0.15) is 17.2 Å². The Kier molecular flexibility index (Phi) is 3.02. The lowest BCUT2D eigenvalue weighted by atomic mass is 10.2. The van der Waals surface area contributed by atoms with Gasteiger partial charge >= 0.3 is 0 Å². The molecule has 1 aliphatic rings. The van der Waals surface area contributed by atoms with Gasteiger partial charge in [-0.25, -0.2) is 9.97 Å². The molecule has 1 aliphatic heterocycles. The summed E-state index contributed by atoms with van der Waals surface area (Å²) < 4.78 is 3.08. The van der Waals surface area contributed by atoms with Crippen molar-refractivity contribution in [3.8, 4) is 0 Å². The second kappa shape index (κ2) is 5.24. The molecule has 4 heterocycles. The Hall–Kier alpha value is -2.54. The average Bonchev–Trinajstić information content (AvgIpc) is 3.31. The van der Waals surface area contributed by atoms with Gasteiger partial charge in [-0.2, -0.15) is 14.6 Å². The Balaban J connectivity index is 1.63. The average molecular weight is 336 g/mol. The van der Waals surface area contributed by atoms with Crippen molar-refractivity contribution >= 4 is 33.1 Å². The SMILES string of the molecule is Cc1cc(N2CCC[C@@H]2c2nc3ccccc3s2)n2ncnc2n1. The van der Waals surface area contributed by atoms with E-state index < -0.39 is 0 Å². The molecule has 24 heavy (non-hydrogen) atoms. The Morgan fingerprint density at radius 3 is 3.04 bits per heavy atom. The zero-order valence-corrected chi connectivity index (χ0v) is 14.1. The molecule has 0 N–H and O–H groups in total. The summed E-state index contributed by atoms with van der Waals surface area (Å²) in [5.74, 6) is 1.71. The van der Waals surface area contributed by atoms with E-state index in [-0.39, 0.29) is 6.04 Å². The molecule has 1 atom stereocenters. The third kappa shape index (κ3) is 2.08. The Morgan fingerprint density at radius 1 is 1.21 bits per heavy atom. The third-order valence-electron chi connectivity index (χ3n) is 4.50. The van der Waals surface area contributed by atoms with Crippen molar-refractivity contribution in [3.05, 3.63) is 47.4 Å². The van der Waals surface area contributed by atoms with Crippen LogP contribution in [0.5, 0.6) is 0 Å². The summed E-state index contributed by atoms with van der Waals surface area (Å²) in [6.07, 6.45) is 3.82. The van der Waals surface area contributed by atoms with E-state index in [1.54, 1.807) is 17.7 Å². The molecule has 0 saturated carbocycles. The minimum absolute atomic E-state index is 0.289. The predicted molar refractivity (Wildman–Crippen MR) is 94.5 cm³/mol. The van der Waals surface area contributed by atoms with Gasteiger partial charge in [0.15, 0.2) is 0 Å². The van der Waals surface area contributed by atoms with Gasteiger partial charge in [0.05, 0.1) is 16.3 Å². The number of aryl methyl sites for hydroxylation is 1. The molecule has 6 nitrogen and oxygen atoms in total. The van der Waals surface area contributed by atoms with Crippen molar-refractivity contribution in [2.75, 3.05) is 11.4 Å². The van der Waals surface area contributed by atoms with Crippen molar-refractivity contribution < 1.29 is 0 Å². The summed E-state index contributed by atoms with van der Waals surface area (Å²) in [6, 6.07) is 10.7. The molecule has 0 spiro atoms. The van der Waals surface area contributed by atoms with Gasteiger partial charge in [-0.1, -0.05) is 12.1 Å². The Labute approximate surface area is 142 Å². The van der Waals surface area contributed by atoms with E-state index in [1.807, 2.05) is 17.5 Å². The van der Waals surface area contributed by atoms with E-state index in [1.165, 1.54) is 9.71 Å². The van der Waals surface area contributed by atoms with Crippen LogP contribution in [0, 0.1) is 6.92 Å². The predicted octanol–water partition coefficient (Wildman–Crippen LogP) is 3.38. The highest BCUT2D eigenvalue weighted by Gasteiger charge is 2.31. The largest absolute Gasteiger partial charge is 0.347 e. The monoisotopic (exact) mass is 336 g/mol. The van der Waals surface area contributed by atoms with Crippen LogP contribution in [0.25, 0.3) is 16.0 Å². The van der Waals surface area contributed by atoms with Crippen LogP contribution >= 0.6 is 11.3 Å². The molecule has 0 amide bonds. The van der Waals surface area contributed by atoms with Crippen LogP contribution in [0.4, 0.5) is 5.82 Å². The molecular weight excluding hydrogens is 320 g/mol. The van der Waals surface area contributed by atoms with Crippen molar-refractivity contribution in [2.24, 2.45) is 0 Å². The molecule has 5 rings (SSSR count). The minimum atomic E-state index is 0.289. The van der Waals surface area contributed by atoms with Crippen LogP contribution in [0.3, 0.4) is 0 Å². The lowest BCUT2D eigenvalue weighted by molar-refractivity contribution is 0.693. The Morgan fingerprint density at radius 2 is 2.12 bits per heavy atom. The zero-order chi connectivity index (χ0) is 16.1. The molecule has 7 heteroatoms. The summed E-state index contributed by atoms with van der Waals surface area (Å²) >= 11 is 1.79. The van der Waals surface area contributed by atoms with E-state index >= 15 is 0 Å². The Bertz CT molecular complexity index is 1000. The number of hydrogen-bond acceptors (Lipinski definition) is 6. The molecule has 1 aromatic carbocycles. The van der Waals surface area contributed by atoms with Gasteiger partial charge in [-0.05, 0) is 31.9 Å². The maximum Gasteiger partial charge on any atom is 0.254 e. The number of fused-ring (bicyclic) bond motifs is 2. The van der Waals surface area contributed by atoms with Gasteiger partial charge in [0.2, 0.25) is 0 Å². The normalized spacial score (nSPS) is 18.0. The fourth-order valence-electron chi connectivity index (χ4n) is 3.45. The highest BCUT2D eigenvalue weighted by Crippen LogP contribution is 2.39. The van der Waals surface area contributed by atoms with Gasteiger partial charge in [-0.3, -0.25) is 0 Å². The number of benzene rings is 1. The van der Waals surface area contributed by atoms with E-state index in [0.717, 1.165) is 36.4 Å². The van der Waals surface area contributed by atoms with Crippen molar-refractivity contribution in [3.63, 3.8) is 0 Å². The topological polar surface area (TPSA) is 59.2 Å². The second-order valence-electron chi connectivity index (χ2n) is 6.10. The highest BCUT2D eigenvalue weighted by molar-refractivity contribution is 7.18. The molecule has 1 fully saturated rings. The van der Waals surface area contributed by atoms with E-state index in [9.17, 15) is 0 Å². The van der Waals surface area contributed by atoms with Crippen LogP contribution in [0.15, 0.2) is 36.7 Å². The first kappa shape index (κ1) is 13.9. The molecule has 120 valence electrons. The fourth-order valence-corrected chi connectivity index (χ4v) is 4.56. The number of aromatic nitrogens is 5. The smallest absolute Gasteiger partial charge is 0.254 e. The van der Waals surface area contributed by atoms with Crippen molar-refractivity contribution in [1.29, 1.82) is 0 Å². The quantitative estimate of drug-likeness (QED) is 0.561. The summed E-state index contributed by atoms with van der Waals surface area (Å²) in [5, 5.41) is 5.54. The van der Waals surface area contributed by atoms with E-state index in [0.29, 0.717) is 5.78 Å². The summed E-state index contributed by atoms with van der Waals surface area (Å²) in [4.78, 5) is 16.0. The molecule has 0 radical (unpaired) electrons. The number of rotatable bonds is 2. The van der Waals surface area contributed by atoms with E-state index in [2.05, 4.69) is 44.2 Å². The summed E-state index contributed by atoms with van der Waals surface area (Å²) in [7, 11) is 0. The van der Waals surface area contributed by atoms with Crippen LogP contribution in [0.1, 0.15) is 29.6 Å². The molecular formula is C17H16N6S. The number of para-hydroxylation sites is 1. The fraction of sp³-hybridized carbons (Fsp3) is 0.294. The number of anilines is 1.